The van der Waals surface area contributed by atoms with Gasteiger partial charge in [-0.25, -0.2) is 4.79 Å². The number of aliphatic carboxylic acids is 1. The Balaban J connectivity index is 4.15. The number of carbonyl (C=O) groups excluding carboxylic acids is 2. The van der Waals surface area contributed by atoms with Gasteiger partial charge in [0.2, 0.25) is 0 Å². The van der Waals surface area contributed by atoms with E-state index < -0.39 is 24.3 Å². The number of quaternary nitrogens is 1. The zero-order valence-electron chi connectivity index (χ0n) is 50.8. The monoisotopic (exact) mass is 1090 g/mol. The van der Waals surface area contributed by atoms with E-state index in [1.165, 1.54) is 109 Å². The van der Waals surface area contributed by atoms with E-state index in [0.717, 1.165) is 109 Å². The Kier molecular flexibility index (Phi) is 56.0. The van der Waals surface area contributed by atoms with Crippen LogP contribution in [0.3, 0.4) is 0 Å². The van der Waals surface area contributed by atoms with Gasteiger partial charge >= 0.3 is 17.9 Å². The Morgan fingerprint density at radius 2 is 0.731 bits per heavy atom. The zero-order chi connectivity index (χ0) is 56.9. The Labute approximate surface area is 479 Å². The van der Waals surface area contributed by atoms with Crippen molar-refractivity contribution in [3.8, 4) is 0 Å². The molecule has 0 saturated heterocycles. The first kappa shape index (κ1) is 74.0. The molecule has 2 unspecified atom stereocenters. The third-order valence-corrected chi connectivity index (χ3v) is 13.3. The Morgan fingerprint density at radius 3 is 1.10 bits per heavy atom. The minimum atomic E-state index is -1.52. The number of likely N-dealkylation sites (N-methyl/N-ethyl adjacent to an activating group) is 1. The van der Waals surface area contributed by atoms with Crippen LogP contribution in [-0.4, -0.2) is 87.4 Å². The van der Waals surface area contributed by atoms with Crippen molar-refractivity contribution < 1.29 is 42.9 Å². The molecular formula is C69H118NO8+. The molecule has 1 N–H and O–H groups in total. The molecule has 0 amide bonds. The molecule has 0 aromatic heterocycles. The van der Waals surface area contributed by atoms with E-state index in [1.54, 1.807) is 0 Å². The van der Waals surface area contributed by atoms with Crippen molar-refractivity contribution in [2.75, 3.05) is 47.5 Å². The van der Waals surface area contributed by atoms with Crippen LogP contribution >= 0.6 is 0 Å². The van der Waals surface area contributed by atoms with Crippen molar-refractivity contribution in [3.05, 3.63) is 109 Å². The van der Waals surface area contributed by atoms with E-state index in [-0.39, 0.29) is 38.6 Å². The highest BCUT2D eigenvalue weighted by Gasteiger charge is 2.25. The van der Waals surface area contributed by atoms with Gasteiger partial charge in [-0.05, 0) is 103 Å². The first-order valence-corrected chi connectivity index (χ1v) is 31.6. The summed E-state index contributed by atoms with van der Waals surface area (Å²) in [5.74, 6) is -2.02. The zero-order valence-corrected chi connectivity index (χ0v) is 50.8. The summed E-state index contributed by atoms with van der Waals surface area (Å²) in [5.41, 5.74) is 0. The van der Waals surface area contributed by atoms with E-state index in [1.807, 2.05) is 21.1 Å². The van der Waals surface area contributed by atoms with E-state index in [2.05, 4.69) is 123 Å². The summed E-state index contributed by atoms with van der Waals surface area (Å²) in [4.78, 5) is 37.4. The number of esters is 2. The molecular weight excluding hydrogens is 971 g/mol. The quantitative estimate of drug-likeness (QED) is 0.0211. The van der Waals surface area contributed by atoms with Crippen molar-refractivity contribution in [1.29, 1.82) is 0 Å². The molecule has 0 rings (SSSR count). The number of ether oxygens (including phenoxy) is 4. The van der Waals surface area contributed by atoms with Crippen molar-refractivity contribution in [2.24, 2.45) is 0 Å². The lowest BCUT2D eigenvalue weighted by atomic mass is 10.0. The summed E-state index contributed by atoms with van der Waals surface area (Å²) >= 11 is 0. The first-order chi connectivity index (χ1) is 38.1. The van der Waals surface area contributed by atoms with E-state index >= 15 is 0 Å². The molecule has 0 aliphatic rings. The molecule has 0 heterocycles. The molecule has 0 aliphatic heterocycles. The van der Waals surface area contributed by atoms with Gasteiger partial charge in [0.05, 0.1) is 34.4 Å². The number of carboxylic acid groups (broad SMARTS) is 1. The fourth-order valence-corrected chi connectivity index (χ4v) is 8.44. The van der Waals surface area contributed by atoms with Crippen LogP contribution < -0.4 is 0 Å². The van der Waals surface area contributed by atoms with Gasteiger partial charge in [-0.1, -0.05) is 245 Å². The van der Waals surface area contributed by atoms with Crippen LogP contribution in [0.25, 0.3) is 0 Å². The van der Waals surface area contributed by atoms with Crippen LogP contribution in [0.4, 0.5) is 0 Å². The van der Waals surface area contributed by atoms with Gasteiger partial charge in [-0.15, -0.1) is 0 Å². The standard InChI is InChI=1S/C69H117NO8/c1-6-8-10-12-14-16-18-20-22-24-25-26-27-28-29-30-31-32-33-34-35-36-37-38-39-40-41-42-43-44-46-48-50-52-54-56-58-60-67(72)78-65(64-77-69(68(73)74)75-62-61-70(3,4)5)63-76-66(71)59-57-55-53-51-49-47-45-23-21-19-17-15-13-11-9-7-2/h8,10,14,16,20,22-23,25-26,28-29,31-32,34-35,37-38,45,65,69H,6-7,9,11-13,15,17-19,21,24,27,30,33,36,39-44,46-64H2,1-5H3/p+1/b10-8-,16-14-,22-20-,26-25-,29-28-,32-31-,35-34-,38-37-,45-23-. The molecule has 0 radical (unpaired) electrons. The predicted octanol–water partition coefficient (Wildman–Crippen LogP) is 19.1. The van der Waals surface area contributed by atoms with Gasteiger partial charge in [0, 0.05) is 12.8 Å². The van der Waals surface area contributed by atoms with Gasteiger partial charge in [0.15, 0.2) is 6.10 Å². The summed E-state index contributed by atoms with van der Waals surface area (Å²) in [6.07, 6.45) is 78.9. The van der Waals surface area contributed by atoms with Crippen LogP contribution in [0.15, 0.2) is 109 Å². The molecule has 9 heteroatoms. The number of rotatable bonds is 57. The van der Waals surface area contributed by atoms with Crippen molar-refractivity contribution in [1.82, 2.24) is 0 Å². The van der Waals surface area contributed by atoms with Gasteiger partial charge in [-0.3, -0.25) is 9.59 Å². The maximum Gasteiger partial charge on any atom is 0.361 e. The summed E-state index contributed by atoms with van der Waals surface area (Å²) in [7, 11) is 5.96. The number of unbranched alkanes of at least 4 members (excludes halogenated alkanes) is 24. The largest absolute Gasteiger partial charge is 0.477 e. The number of carbonyl (C=O) groups is 3. The minimum Gasteiger partial charge on any atom is -0.477 e. The first-order valence-electron chi connectivity index (χ1n) is 31.6. The highest BCUT2D eigenvalue weighted by molar-refractivity contribution is 5.71. The Bertz CT molecular complexity index is 1640. The summed E-state index contributed by atoms with van der Waals surface area (Å²) in [6, 6.07) is 0. The summed E-state index contributed by atoms with van der Waals surface area (Å²) < 4.78 is 22.9. The normalized spacial score (nSPS) is 13.5. The fraction of sp³-hybridized carbons (Fsp3) is 0.696. The lowest BCUT2D eigenvalue weighted by Crippen LogP contribution is -2.40. The summed E-state index contributed by atoms with van der Waals surface area (Å²) in [5, 5.41) is 9.71. The molecule has 0 aliphatic carbocycles. The van der Waals surface area contributed by atoms with Crippen molar-refractivity contribution in [3.63, 3.8) is 0 Å². The Hall–Kier alpha value is -4.05. The Morgan fingerprint density at radius 1 is 0.397 bits per heavy atom. The molecule has 0 bridgehead atoms. The molecule has 0 aromatic rings. The van der Waals surface area contributed by atoms with Crippen molar-refractivity contribution in [2.45, 2.75) is 264 Å². The molecule has 78 heavy (non-hydrogen) atoms. The highest BCUT2D eigenvalue weighted by atomic mass is 16.7. The van der Waals surface area contributed by atoms with Crippen LogP contribution in [0.5, 0.6) is 0 Å². The predicted molar refractivity (Wildman–Crippen MR) is 332 cm³/mol. The van der Waals surface area contributed by atoms with Crippen molar-refractivity contribution >= 4 is 17.9 Å². The number of nitrogens with zero attached hydrogens (tertiary/aromatic N) is 1. The molecule has 2 atom stereocenters. The van der Waals surface area contributed by atoms with E-state index in [0.29, 0.717) is 17.4 Å². The van der Waals surface area contributed by atoms with E-state index in [9.17, 15) is 19.5 Å². The minimum absolute atomic E-state index is 0.182. The molecule has 0 saturated carbocycles. The van der Waals surface area contributed by atoms with Gasteiger partial charge in [0.25, 0.3) is 6.29 Å². The fourth-order valence-electron chi connectivity index (χ4n) is 8.44. The van der Waals surface area contributed by atoms with Crippen LogP contribution in [0, 0.1) is 0 Å². The molecule has 0 spiro atoms. The van der Waals surface area contributed by atoms with E-state index in [4.69, 9.17) is 18.9 Å². The smallest absolute Gasteiger partial charge is 0.361 e. The topological polar surface area (TPSA) is 108 Å². The third kappa shape index (κ3) is 59.6. The second-order valence-electron chi connectivity index (χ2n) is 22.0. The molecule has 9 nitrogen and oxygen atoms in total. The second-order valence-corrected chi connectivity index (χ2v) is 22.0. The van der Waals surface area contributed by atoms with Crippen LogP contribution in [0.2, 0.25) is 0 Å². The number of hydrogen-bond donors (Lipinski definition) is 1. The maximum absolute atomic E-state index is 12.9. The number of allylic oxidation sites excluding steroid dienone is 18. The average Bonchev–Trinajstić information content (AvgIpc) is 3.41. The van der Waals surface area contributed by atoms with Crippen LogP contribution in [-0.2, 0) is 33.3 Å². The van der Waals surface area contributed by atoms with Gasteiger partial charge in [0.1, 0.15) is 13.2 Å². The van der Waals surface area contributed by atoms with Gasteiger partial charge < -0.3 is 28.5 Å². The third-order valence-electron chi connectivity index (χ3n) is 13.3. The second kappa shape index (κ2) is 59.1. The maximum atomic E-state index is 12.9. The number of hydrogen-bond acceptors (Lipinski definition) is 7. The van der Waals surface area contributed by atoms with Gasteiger partial charge in [-0.2, -0.15) is 0 Å². The lowest BCUT2D eigenvalue weighted by Gasteiger charge is -2.25. The molecule has 0 fully saturated rings. The SMILES string of the molecule is CC/C=C\C/C=C\C/C=C\C/C=C\C/C=C\C/C=C\C/C=C\C/C=C\CCCCCCCCCCCCCCC(=O)OC(COC(=O)CCCCCCC/C=C\CCCCCCCCC)COC(OCC[N+](C)(C)C)C(=O)O. The molecule has 0 aromatic carbocycles. The molecule has 446 valence electrons. The van der Waals surface area contributed by atoms with Crippen LogP contribution in [0.1, 0.15) is 251 Å². The summed E-state index contributed by atoms with van der Waals surface area (Å²) in [6.45, 7) is 4.75. The average molecular weight is 1090 g/mol. The highest BCUT2D eigenvalue weighted by Crippen LogP contribution is 2.16. The number of carboxylic acids is 1. The lowest BCUT2D eigenvalue weighted by molar-refractivity contribution is -0.870.